The molecule has 2 atom stereocenters. The fourth-order valence-corrected chi connectivity index (χ4v) is 5.40. The molecule has 5 aromatic rings. The van der Waals surface area contributed by atoms with Crippen LogP contribution in [0.15, 0.2) is 115 Å². The van der Waals surface area contributed by atoms with Crippen LogP contribution < -0.4 is 4.90 Å². The molecule has 34 heavy (non-hydrogen) atoms. The van der Waals surface area contributed by atoms with Gasteiger partial charge in [0.1, 0.15) is 0 Å². The summed E-state index contributed by atoms with van der Waals surface area (Å²) in [6.07, 6.45) is 4.44. The molecule has 0 spiro atoms. The molecule has 0 bridgehead atoms. The zero-order valence-corrected chi connectivity index (χ0v) is 19.1. The molecule has 0 saturated carbocycles. The van der Waals surface area contributed by atoms with Crippen molar-refractivity contribution < 1.29 is 4.79 Å². The van der Waals surface area contributed by atoms with Crippen LogP contribution in [0, 0.1) is 0 Å². The van der Waals surface area contributed by atoms with E-state index in [2.05, 4.69) is 103 Å². The summed E-state index contributed by atoms with van der Waals surface area (Å²) >= 11 is 0. The Morgan fingerprint density at radius 3 is 2.15 bits per heavy atom. The number of hydrogen-bond donors (Lipinski definition) is 0. The first-order valence-corrected chi connectivity index (χ1v) is 11.7. The van der Waals surface area contributed by atoms with Gasteiger partial charge in [-0.25, -0.2) is 0 Å². The predicted molar refractivity (Wildman–Crippen MR) is 142 cm³/mol. The monoisotopic (exact) mass is 439 g/mol. The van der Waals surface area contributed by atoms with Crippen LogP contribution in [0.1, 0.15) is 28.5 Å². The van der Waals surface area contributed by atoms with E-state index >= 15 is 0 Å². The molecule has 0 aliphatic carbocycles. The molecule has 0 radical (unpaired) electrons. The molecular weight excluding hydrogens is 414 g/mol. The van der Waals surface area contributed by atoms with Crippen LogP contribution in [0.5, 0.6) is 0 Å². The van der Waals surface area contributed by atoms with E-state index < -0.39 is 0 Å². The highest BCUT2D eigenvalue weighted by atomic mass is 16.2. The highest BCUT2D eigenvalue weighted by Crippen LogP contribution is 2.46. The summed E-state index contributed by atoms with van der Waals surface area (Å²) in [7, 11) is 1.88. The maximum Gasteiger partial charge on any atom is 0.235 e. The Balaban J connectivity index is 1.55. The lowest BCUT2D eigenvalue weighted by atomic mass is 9.79. The van der Waals surface area contributed by atoms with Crippen molar-refractivity contribution in [3.63, 3.8) is 0 Å². The quantitative estimate of drug-likeness (QED) is 0.283. The van der Waals surface area contributed by atoms with Gasteiger partial charge < -0.3 is 4.90 Å². The molecule has 0 N–H and O–H groups in total. The molecule has 1 heterocycles. The third kappa shape index (κ3) is 3.31. The number of fused-ring (bicyclic) bond motifs is 3. The minimum Gasteiger partial charge on any atom is -0.315 e. The fourth-order valence-electron chi connectivity index (χ4n) is 5.40. The summed E-state index contributed by atoms with van der Waals surface area (Å²) in [5.74, 6) is -0.219. The Morgan fingerprint density at radius 2 is 1.32 bits per heavy atom. The molecule has 5 aromatic carbocycles. The number of carbonyl (C=O) groups excluding carboxylic acids is 1. The molecule has 0 saturated heterocycles. The average molecular weight is 440 g/mol. The number of likely N-dealkylation sites (N-methyl/N-ethyl adjacent to an activating group) is 1. The van der Waals surface area contributed by atoms with Gasteiger partial charge in [0.05, 0.1) is 5.92 Å². The van der Waals surface area contributed by atoms with Crippen molar-refractivity contribution in [1.29, 1.82) is 0 Å². The number of benzene rings is 5. The molecule has 164 valence electrons. The van der Waals surface area contributed by atoms with E-state index in [4.69, 9.17) is 0 Å². The van der Waals surface area contributed by atoms with Gasteiger partial charge in [0.2, 0.25) is 5.91 Å². The van der Waals surface area contributed by atoms with E-state index in [0.717, 1.165) is 16.8 Å². The maximum atomic E-state index is 13.6. The first-order valence-electron chi connectivity index (χ1n) is 11.7. The standard InChI is InChI=1S/C32H25NO/c1-33-30-19-7-6-17-29(30)31(32(33)34)28(27-18-9-14-23-11-3-5-16-26(23)27)21-20-24-13-8-12-22-10-2-4-15-25(22)24/h2-21,28,31H,1H3/b21-20+/t28-,31+/m0/s1. The summed E-state index contributed by atoms with van der Waals surface area (Å²) in [5.41, 5.74) is 4.44. The van der Waals surface area contributed by atoms with Crippen molar-refractivity contribution in [3.05, 3.63) is 132 Å². The first kappa shape index (κ1) is 20.4. The lowest BCUT2D eigenvalue weighted by Gasteiger charge is -2.22. The molecule has 1 aliphatic heterocycles. The van der Waals surface area contributed by atoms with Crippen LogP contribution in [0.25, 0.3) is 27.6 Å². The van der Waals surface area contributed by atoms with Gasteiger partial charge in [-0.1, -0.05) is 115 Å². The third-order valence-corrected chi connectivity index (χ3v) is 7.08. The second kappa shape index (κ2) is 8.31. The largest absolute Gasteiger partial charge is 0.315 e. The van der Waals surface area contributed by atoms with E-state index in [9.17, 15) is 4.79 Å². The SMILES string of the molecule is CN1C(=O)[C@H]([C@@H](/C=C/c2cccc3ccccc23)c2cccc3ccccc23)c2ccccc21. The number of anilines is 1. The minimum atomic E-state index is -0.266. The summed E-state index contributed by atoms with van der Waals surface area (Å²) in [5, 5.41) is 4.81. The van der Waals surface area contributed by atoms with E-state index in [-0.39, 0.29) is 17.7 Å². The van der Waals surface area contributed by atoms with Crippen molar-refractivity contribution in [2.45, 2.75) is 11.8 Å². The number of nitrogens with zero attached hydrogens (tertiary/aromatic N) is 1. The number of carbonyl (C=O) groups is 1. The Kier molecular flexibility index (Phi) is 5.00. The molecule has 1 aliphatic rings. The summed E-state index contributed by atoms with van der Waals surface area (Å²) in [6, 6.07) is 37.9. The number of rotatable bonds is 4. The van der Waals surface area contributed by atoms with E-state index in [1.807, 2.05) is 30.1 Å². The molecule has 0 unspecified atom stereocenters. The second-order valence-corrected chi connectivity index (χ2v) is 8.96. The molecule has 0 aromatic heterocycles. The molecule has 1 amide bonds. The fraction of sp³-hybridized carbons (Fsp3) is 0.0938. The summed E-state index contributed by atoms with van der Waals surface area (Å²) in [6.45, 7) is 0. The van der Waals surface area contributed by atoms with E-state index in [1.165, 1.54) is 27.1 Å². The topological polar surface area (TPSA) is 20.3 Å². The van der Waals surface area contributed by atoms with Crippen molar-refractivity contribution in [1.82, 2.24) is 0 Å². The van der Waals surface area contributed by atoms with Crippen molar-refractivity contribution >= 4 is 39.2 Å². The minimum absolute atomic E-state index is 0.0938. The van der Waals surface area contributed by atoms with Crippen LogP contribution in [0.3, 0.4) is 0 Å². The number of hydrogen-bond acceptors (Lipinski definition) is 1. The highest BCUT2D eigenvalue weighted by molar-refractivity contribution is 6.06. The molecule has 0 fully saturated rings. The zero-order chi connectivity index (χ0) is 23.1. The Morgan fingerprint density at radius 1 is 0.706 bits per heavy atom. The first-order chi connectivity index (χ1) is 16.7. The van der Waals surface area contributed by atoms with Crippen LogP contribution in [-0.2, 0) is 4.79 Å². The molecular formula is C32H25NO. The average Bonchev–Trinajstić information content (AvgIpc) is 3.14. The van der Waals surface area contributed by atoms with Gasteiger partial charge in [0.15, 0.2) is 0 Å². The highest BCUT2D eigenvalue weighted by Gasteiger charge is 2.40. The summed E-state index contributed by atoms with van der Waals surface area (Å²) in [4.78, 5) is 15.4. The lowest BCUT2D eigenvalue weighted by molar-refractivity contribution is -0.119. The van der Waals surface area contributed by atoms with Crippen molar-refractivity contribution in [3.8, 4) is 0 Å². The van der Waals surface area contributed by atoms with Gasteiger partial charge in [-0.3, -0.25) is 4.79 Å². The number of para-hydroxylation sites is 1. The Labute approximate surface area is 199 Å². The third-order valence-electron chi connectivity index (χ3n) is 7.08. The maximum absolute atomic E-state index is 13.6. The van der Waals surface area contributed by atoms with Crippen LogP contribution >= 0.6 is 0 Å². The smallest absolute Gasteiger partial charge is 0.235 e. The number of allylic oxidation sites excluding steroid dienone is 1. The van der Waals surface area contributed by atoms with Gasteiger partial charge in [0, 0.05) is 18.7 Å². The van der Waals surface area contributed by atoms with Crippen LogP contribution in [0.4, 0.5) is 5.69 Å². The van der Waals surface area contributed by atoms with Gasteiger partial charge in [0.25, 0.3) is 0 Å². The van der Waals surface area contributed by atoms with Gasteiger partial charge in [-0.15, -0.1) is 0 Å². The Bertz CT molecular complexity index is 1550. The van der Waals surface area contributed by atoms with Crippen LogP contribution in [0.2, 0.25) is 0 Å². The van der Waals surface area contributed by atoms with Gasteiger partial charge in [-0.2, -0.15) is 0 Å². The Hall–Kier alpha value is -4.17. The summed E-state index contributed by atoms with van der Waals surface area (Å²) < 4.78 is 0. The molecule has 2 nitrogen and oxygen atoms in total. The molecule has 6 rings (SSSR count). The van der Waals surface area contributed by atoms with E-state index in [1.54, 1.807) is 0 Å². The van der Waals surface area contributed by atoms with Crippen molar-refractivity contribution in [2.75, 3.05) is 11.9 Å². The number of amides is 1. The van der Waals surface area contributed by atoms with Crippen molar-refractivity contribution in [2.24, 2.45) is 0 Å². The normalized spacial score (nSPS) is 16.4. The van der Waals surface area contributed by atoms with Gasteiger partial charge in [-0.05, 0) is 44.3 Å². The molecule has 2 heteroatoms. The zero-order valence-electron chi connectivity index (χ0n) is 19.1. The lowest BCUT2D eigenvalue weighted by Crippen LogP contribution is -2.26. The second-order valence-electron chi connectivity index (χ2n) is 8.96. The predicted octanol–water partition coefficient (Wildman–Crippen LogP) is 7.55. The van der Waals surface area contributed by atoms with Gasteiger partial charge >= 0.3 is 0 Å². The van der Waals surface area contributed by atoms with E-state index in [0.29, 0.717) is 0 Å². The van der Waals surface area contributed by atoms with Crippen LogP contribution in [-0.4, -0.2) is 13.0 Å².